The van der Waals surface area contributed by atoms with E-state index < -0.39 is 0 Å². The number of ketones is 1. The lowest BCUT2D eigenvalue weighted by Gasteiger charge is -2.07. The summed E-state index contributed by atoms with van der Waals surface area (Å²) in [6, 6.07) is 10.8. The van der Waals surface area contributed by atoms with E-state index in [0.29, 0.717) is 11.3 Å². The number of nitrogens with zero attached hydrogens (tertiary/aromatic N) is 3. The van der Waals surface area contributed by atoms with Gasteiger partial charge in [-0.2, -0.15) is 0 Å². The number of aromatic nitrogens is 3. The van der Waals surface area contributed by atoms with E-state index in [4.69, 9.17) is 0 Å². The van der Waals surface area contributed by atoms with Crippen LogP contribution < -0.4 is 5.32 Å². The summed E-state index contributed by atoms with van der Waals surface area (Å²) >= 11 is 2.97. The number of thioether (sulfide) groups is 1. The highest BCUT2D eigenvalue weighted by atomic mass is 32.2. The van der Waals surface area contributed by atoms with Crippen molar-refractivity contribution in [1.29, 1.82) is 0 Å². The molecule has 0 aliphatic heterocycles. The molecule has 0 spiro atoms. The molecular formula is C18H18N4O2S2. The zero-order valence-corrected chi connectivity index (χ0v) is 16.1. The molecule has 0 bridgehead atoms. The summed E-state index contributed by atoms with van der Waals surface area (Å²) in [6.45, 7) is 4.27. The number of hydrogen-bond donors (Lipinski definition) is 1. The van der Waals surface area contributed by atoms with Crippen molar-refractivity contribution in [3.05, 3.63) is 47.3 Å². The van der Waals surface area contributed by atoms with Crippen LogP contribution in [0, 0.1) is 0 Å². The Balaban J connectivity index is 1.62. The van der Waals surface area contributed by atoms with Gasteiger partial charge in [0.2, 0.25) is 5.91 Å². The number of anilines is 1. The maximum absolute atomic E-state index is 12.2. The highest BCUT2D eigenvalue weighted by molar-refractivity contribution is 7.99. The Kier molecular flexibility index (Phi) is 5.85. The predicted octanol–water partition coefficient (Wildman–Crippen LogP) is 3.96. The second kappa shape index (κ2) is 8.29. The SMILES string of the molecule is CCn1c(SCC(=O)Nc2ccc(C(C)=O)cc2)nnc1-c1cccs1. The summed E-state index contributed by atoms with van der Waals surface area (Å²) in [5.41, 5.74) is 1.28. The second-order valence-corrected chi connectivity index (χ2v) is 7.39. The average Bonchev–Trinajstić information content (AvgIpc) is 3.29. The van der Waals surface area contributed by atoms with Gasteiger partial charge in [0.05, 0.1) is 10.6 Å². The molecule has 1 N–H and O–H groups in total. The molecule has 0 unspecified atom stereocenters. The number of thiophene rings is 1. The Hall–Kier alpha value is -2.45. The van der Waals surface area contributed by atoms with Crippen LogP contribution in [-0.2, 0) is 11.3 Å². The van der Waals surface area contributed by atoms with Gasteiger partial charge in [0.1, 0.15) is 0 Å². The fourth-order valence-electron chi connectivity index (χ4n) is 2.38. The first kappa shape index (κ1) is 18.3. The molecule has 0 aliphatic carbocycles. The molecule has 0 fully saturated rings. The van der Waals surface area contributed by atoms with Gasteiger partial charge in [-0.05, 0) is 49.6 Å². The van der Waals surface area contributed by atoms with Crippen LogP contribution in [0.25, 0.3) is 10.7 Å². The molecule has 2 heterocycles. The molecule has 26 heavy (non-hydrogen) atoms. The van der Waals surface area contributed by atoms with Crippen LogP contribution in [0.1, 0.15) is 24.2 Å². The molecule has 0 radical (unpaired) electrons. The van der Waals surface area contributed by atoms with E-state index in [-0.39, 0.29) is 17.4 Å². The third-order valence-corrected chi connectivity index (χ3v) is 5.51. The van der Waals surface area contributed by atoms with Crippen molar-refractivity contribution in [2.75, 3.05) is 11.1 Å². The van der Waals surface area contributed by atoms with E-state index >= 15 is 0 Å². The van der Waals surface area contributed by atoms with Gasteiger partial charge >= 0.3 is 0 Å². The first-order valence-electron chi connectivity index (χ1n) is 8.09. The van der Waals surface area contributed by atoms with E-state index in [1.807, 2.05) is 29.0 Å². The third kappa shape index (κ3) is 4.20. The predicted molar refractivity (Wildman–Crippen MR) is 105 cm³/mol. The lowest BCUT2D eigenvalue weighted by atomic mass is 10.1. The second-order valence-electron chi connectivity index (χ2n) is 5.50. The van der Waals surface area contributed by atoms with Gasteiger partial charge in [0, 0.05) is 17.8 Å². The maximum Gasteiger partial charge on any atom is 0.234 e. The van der Waals surface area contributed by atoms with Crippen LogP contribution in [0.3, 0.4) is 0 Å². The van der Waals surface area contributed by atoms with Crippen LogP contribution >= 0.6 is 23.1 Å². The van der Waals surface area contributed by atoms with Gasteiger partial charge in [-0.15, -0.1) is 21.5 Å². The molecule has 0 aliphatic rings. The van der Waals surface area contributed by atoms with Gasteiger partial charge in [0.15, 0.2) is 16.8 Å². The molecule has 3 aromatic rings. The Morgan fingerprint density at radius 1 is 1.19 bits per heavy atom. The molecule has 0 atom stereocenters. The van der Waals surface area contributed by atoms with Gasteiger partial charge in [-0.1, -0.05) is 17.8 Å². The lowest BCUT2D eigenvalue weighted by Crippen LogP contribution is -2.14. The van der Waals surface area contributed by atoms with Gasteiger partial charge in [0.25, 0.3) is 0 Å². The number of nitrogens with one attached hydrogen (secondary N) is 1. The molecule has 6 nitrogen and oxygen atoms in total. The molecular weight excluding hydrogens is 368 g/mol. The van der Waals surface area contributed by atoms with E-state index in [1.165, 1.54) is 18.7 Å². The largest absolute Gasteiger partial charge is 0.325 e. The Morgan fingerprint density at radius 2 is 1.96 bits per heavy atom. The van der Waals surface area contributed by atoms with E-state index in [1.54, 1.807) is 35.6 Å². The minimum Gasteiger partial charge on any atom is -0.325 e. The maximum atomic E-state index is 12.2. The number of benzene rings is 1. The van der Waals surface area contributed by atoms with Crippen LogP contribution in [0.2, 0.25) is 0 Å². The summed E-state index contributed by atoms with van der Waals surface area (Å²) in [7, 11) is 0. The number of rotatable bonds is 7. The first-order chi connectivity index (χ1) is 12.6. The monoisotopic (exact) mass is 386 g/mol. The van der Waals surface area contributed by atoms with Gasteiger partial charge < -0.3 is 9.88 Å². The summed E-state index contributed by atoms with van der Waals surface area (Å²) in [5.74, 6) is 0.926. The normalized spacial score (nSPS) is 10.7. The molecule has 134 valence electrons. The molecule has 1 aromatic carbocycles. The minimum absolute atomic E-state index is 0.00104. The van der Waals surface area contributed by atoms with Crippen molar-refractivity contribution in [1.82, 2.24) is 14.8 Å². The van der Waals surface area contributed by atoms with Crippen LogP contribution in [0.15, 0.2) is 46.9 Å². The van der Waals surface area contributed by atoms with E-state index in [2.05, 4.69) is 15.5 Å². The summed E-state index contributed by atoms with van der Waals surface area (Å²) in [5, 5.41) is 14.0. The number of hydrogen-bond acceptors (Lipinski definition) is 6. The van der Waals surface area contributed by atoms with Crippen LogP contribution in [-0.4, -0.2) is 32.2 Å². The summed E-state index contributed by atoms with van der Waals surface area (Å²) < 4.78 is 2.01. The Bertz CT molecular complexity index is 902. The van der Waals surface area contributed by atoms with Crippen molar-refractivity contribution >= 4 is 40.5 Å². The smallest absolute Gasteiger partial charge is 0.234 e. The van der Waals surface area contributed by atoms with Crippen molar-refractivity contribution in [3.8, 4) is 10.7 Å². The molecule has 3 rings (SSSR count). The molecule has 0 saturated heterocycles. The fraction of sp³-hybridized carbons (Fsp3) is 0.222. The lowest BCUT2D eigenvalue weighted by molar-refractivity contribution is -0.113. The first-order valence-corrected chi connectivity index (χ1v) is 9.95. The van der Waals surface area contributed by atoms with E-state index in [0.717, 1.165) is 22.4 Å². The number of carbonyl (C=O) groups excluding carboxylic acids is 2. The van der Waals surface area contributed by atoms with Crippen molar-refractivity contribution in [2.45, 2.75) is 25.5 Å². The van der Waals surface area contributed by atoms with Crippen LogP contribution in [0.5, 0.6) is 0 Å². The van der Waals surface area contributed by atoms with Gasteiger partial charge in [-0.3, -0.25) is 9.59 Å². The standard InChI is InChI=1S/C18H18N4O2S2/c1-3-22-17(15-5-4-10-25-15)20-21-18(22)26-11-16(24)19-14-8-6-13(7-9-14)12(2)23/h4-10H,3,11H2,1-2H3,(H,19,24). The topological polar surface area (TPSA) is 76.9 Å². The zero-order valence-electron chi connectivity index (χ0n) is 14.4. The van der Waals surface area contributed by atoms with Crippen molar-refractivity contribution < 1.29 is 9.59 Å². The zero-order chi connectivity index (χ0) is 18.5. The van der Waals surface area contributed by atoms with Crippen LogP contribution in [0.4, 0.5) is 5.69 Å². The van der Waals surface area contributed by atoms with Crippen molar-refractivity contribution in [2.24, 2.45) is 0 Å². The quantitative estimate of drug-likeness (QED) is 0.491. The third-order valence-electron chi connectivity index (χ3n) is 3.68. The van der Waals surface area contributed by atoms with Crippen molar-refractivity contribution in [3.63, 3.8) is 0 Å². The Morgan fingerprint density at radius 3 is 2.58 bits per heavy atom. The highest BCUT2D eigenvalue weighted by Crippen LogP contribution is 2.27. The number of amides is 1. The minimum atomic E-state index is -0.131. The molecule has 0 saturated carbocycles. The Labute approximate surface area is 159 Å². The average molecular weight is 387 g/mol. The fourth-order valence-corrected chi connectivity index (χ4v) is 3.90. The highest BCUT2D eigenvalue weighted by Gasteiger charge is 2.15. The molecule has 2 aromatic heterocycles. The summed E-state index contributed by atoms with van der Waals surface area (Å²) in [4.78, 5) is 24.5. The van der Waals surface area contributed by atoms with Gasteiger partial charge in [-0.25, -0.2) is 0 Å². The number of Topliss-reactive ketones (excluding diaryl/α,β-unsaturated/α-hetero) is 1. The summed E-state index contributed by atoms with van der Waals surface area (Å²) in [6.07, 6.45) is 0. The number of carbonyl (C=O) groups is 2. The molecule has 1 amide bonds. The van der Waals surface area contributed by atoms with E-state index in [9.17, 15) is 9.59 Å². The molecule has 8 heteroatoms.